The van der Waals surface area contributed by atoms with Crippen LogP contribution in [0.2, 0.25) is 0 Å². The van der Waals surface area contributed by atoms with Crippen molar-refractivity contribution in [3.8, 4) is 6.07 Å². The molecule has 6 heteroatoms. The number of nitrogens with zero attached hydrogens (tertiary/aromatic N) is 2. The Bertz CT molecular complexity index is 620. The summed E-state index contributed by atoms with van der Waals surface area (Å²) < 4.78 is 0. The Labute approximate surface area is 160 Å². The fourth-order valence-corrected chi connectivity index (χ4v) is 3.93. The van der Waals surface area contributed by atoms with Gasteiger partial charge in [0.25, 0.3) is 5.91 Å². The Morgan fingerprint density at radius 3 is 2.23 bits per heavy atom. The maximum absolute atomic E-state index is 12.5. The Morgan fingerprint density at radius 1 is 1.15 bits per heavy atom. The van der Waals surface area contributed by atoms with Crippen molar-refractivity contribution in [2.75, 3.05) is 5.32 Å². The van der Waals surface area contributed by atoms with Gasteiger partial charge in [0.15, 0.2) is 5.13 Å². The van der Waals surface area contributed by atoms with Gasteiger partial charge in [0.2, 0.25) is 0 Å². The van der Waals surface area contributed by atoms with E-state index in [-0.39, 0.29) is 17.5 Å². The van der Waals surface area contributed by atoms with Crippen LogP contribution in [0.4, 0.5) is 5.13 Å². The van der Waals surface area contributed by atoms with E-state index < -0.39 is 0 Å². The molecule has 0 aliphatic heterocycles. The largest absolute Gasteiger partial charge is 0.349 e. The third kappa shape index (κ3) is 7.57. The van der Waals surface area contributed by atoms with Crippen LogP contribution in [0.25, 0.3) is 0 Å². The Balaban J connectivity index is 1.89. The molecule has 0 aromatic carbocycles. The van der Waals surface area contributed by atoms with Gasteiger partial charge in [-0.3, -0.25) is 4.79 Å². The molecule has 2 rings (SSSR count). The van der Waals surface area contributed by atoms with Crippen molar-refractivity contribution in [3.63, 3.8) is 0 Å². The number of aryl methyl sites for hydroxylation is 1. The fourth-order valence-electron chi connectivity index (χ4n) is 3.27. The zero-order chi connectivity index (χ0) is 18.6. The van der Waals surface area contributed by atoms with Gasteiger partial charge in [-0.15, -0.1) is 11.3 Å². The van der Waals surface area contributed by atoms with E-state index in [1.807, 2.05) is 18.4 Å². The fraction of sp³-hybridized carbons (Fsp3) is 0.650. The number of carbonyl (C=O) groups excluding carboxylic acids is 1. The molecule has 0 saturated heterocycles. The van der Waals surface area contributed by atoms with Crippen molar-refractivity contribution >= 4 is 22.4 Å². The molecule has 2 N–H and O–H groups in total. The highest BCUT2D eigenvalue weighted by molar-refractivity contribution is 7.13. The summed E-state index contributed by atoms with van der Waals surface area (Å²) in [5.41, 5.74) is 1.02. The van der Waals surface area contributed by atoms with E-state index in [0.717, 1.165) is 31.4 Å². The van der Waals surface area contributed by atoms with Crippen LogP contribution >= 0.6 is 11.3 Å². The maximum atomic E-state index is 12.5. The Kier molecular flexibility index (Phi) is 9.19. The molecule has 0 unspecified atom stereocenters. The number of aromatic nitrogens is 1. The van der Waals surface area contributed by atoms with Crippen LogP contribution in [-0.4, -0.2) is 16.9 Å². The second-order valence-corrected chi connectivity index (χ2v) is 7.90. The summed E-state index contributed by atoms with van der Waals surface area (Å²) in [4.78, 5) is 16.8. The molecule has 26 heavy (non-hydrogen) atoms. The number of nitriles is 1. The maximum Gasteiger partial charge on any atom is 0.263 e. The van der Waals surface area contributed by atoms with Gasteiger partial charge in [-0.2, -0.15) is 5.26 Å². The van der Waals surface area contributed by atoms with Crippen molar-refractivity contribution in [2.45, 2.75) is 83.6 Å². The van der Waals surface area contributed by atoms with Crippen LogP contribution in [0.15, 0.2) is 17.2 Å². The molecule has 1 saturated carbocycles. The molecule has 0 bridgehead atoms. The molecule has 0 radical (unpaired) electrons. The predicted molar refractivity (Wildman–Crippen MR) is 107 cm³/mol. The van der Waals surface area contributed by atoms with E-state index >= 15 is 0 Å². The average Bonchev–Trinajstić information content (AvgIpc) is 3.03. The number of rotatable bonds is 4. The molecular formula is C20H30N4OS. The van der Waals surface area contributed by atoms with Gasteiger partial charge in [-0.1, -0.05) is 57.8 Å². The van der Waals surface area contributed by atoms with E-state index in [1.54, 1.807) is 0 Å². The summed E-state index contributed by atoms with van der Waals surface area (Å²) in [6.07, 6.45) is 14.8. The number of thiazole rings is 1. The van der Waals surface area contributed by atoms with Gasteiger partial charge in [0.05, 0.1) is 5.69 Å². The van der Waals surface area contributed by atoms with Crippen LogP contribution in [0.3, 0.4) is 0 Å². The smallest absolute Gasteiger partial charge is 0.263 e. The van der Waals surface area contributed by atoms with E-state index in [9.17, 15) is 10.1 Å². The quantitative estimate of drug-likeness (QED) is 0.570. The first-order chi connectivity index (χ1) is 12.7. The van der Waals surface area contributed by atoms with Crippen LogP contribution in [0, 0.1) is 18.3 Å². The molecule has 1 aliphatic carbocycles. The van der Waals surface area contributed by atoms with Crippen molar-refractivity contribution in [2.24, 2.45) is 0 Å². The molecule has 0 spiro atoms. The van der Waals surface area contributed by atoms with E-state index in [4.69, 9.17) is 0 Å². The molecule has 1 heterocycles. The molecule has 1 aromatic heterocycles. The average molecular weight is 375 g/mol. The van der Waals surface area contributed by atoms with Gasteiger partial charge in [0, 0.05) is 17.6 Å². The molecule has 1 aliphatic rings. The van der Waals surface area contributed by atoms with Gasteiger partial charge < -0.3 is 10.6 Å². The van der Waals surface area contributed by atoms with Crippen molar-refractivity contribution < 1.29 is 4.79 Å². The third-order valence-electron chi connectivity index (χ3n) is 4.76. The lowest BCUT2D eigenvalue weighted by atomic mass is 9.98. The monoisotopic (exact) mass is 374 g/mol. The lowest BCUT2D eigenvalue weighted by molar-refractivity contribution is -0.117. The SMILES string of the molecule is Cc1csc(N/C=C(/C#N)C(=O)NC2CCCCCCCCCCC2)n1. The number of amides is 1. The second-order valence-electron chi connectivity index (χ2n) is 7.04. The highest BCUT2D eigenvalue weighted by Gasteiger charge is 2.16. The van der Waals surface area contributed by atoms with Gasteiger partial charge in [-0.05, 0) is 19.8 Å². The van der Waals surface area contributed by atoms with Crippen LogP contribution < -0.4 is 10.6 Å². The van der Waals surface area contributed by atoms with Gasteiger partial charge in [-0.25, -0.2) is 4.98 Å². The van der Waals surface area contributed by atoms with E-state index in [2.05, 4.69) is 15.6 Å². The summed E-state index contributed by atoms with van der Waals surface area (Å²) in [6.45, 7) is 1.91. The number of hydrogen-bond acceptors (Lipinski definition) is 5. The zero-order valence-corrected chi connectivity index (χ0v) is 16.5. The van der Waals surface area contributed by atoms with Crippen molar-refractivity contribution in [3.05, 3.63) is 22.8 Å². The normalized spacial score (nSPS) is 18.2. The van der Waals surface area contributed by atoms with Crippen LogP contribution in [-0.2, 0) is 4.79 Å². The highest BCUT2D eigenvalue weighted by Crippen LogP contribution is 2.18. The number of hydrogen-bond donors (Lipinski definition) is 2. The molecule has 5 nitrogen and oxygen atoms in total. The number of nitrogens with one attached hydrogen (secondary N) is 2. The third-order valence-corrected chi connectivity index (χ3v) is 5.66. The predicted octanol–water partition coefficient (Wildman–Crippen LogP) is 5.06. The Hall–Kier alpha value is -1.87. The van der Waals surface area contributed by atoms with E-state index in [0.29, 0.717) is 5.13 Å². The minimum atomic E-state index is -0.287. The minimum Gasteiger partial charge on any atom is -0.349 e. The lowest BCUT2D eigenvalue weighted by Gasteiger charge is -2.19. The number of anilines is 1. The second kappa shape index (κ2) is 11.7. The Morgan fingerprint density at radius 2 is 1.73 bits per heavy atom. The van der Waals surface area contributed by atoms with Crippen LogP contribution in [0.5, 0.6) is 0 Å². The minimum absolute atomic E-state index is 0.101. The summed E-state index contributed by atoms with van der Waals surface area (Å²) in [6, 6.07) is 2.17. The molecule has 1 aromatic rings. The standard InChI is InChI=1S/C20H30N4OS/c1-16-15-26-20(23-16)22-14-17(13-21)19(25)24-18-11-9-7-5-3-2-4-6-8-10-12-18/h14-15,18H,2-12H2,1H3,(H,22,23)(H,24,25)/b17-14-. The lowest BCUT2D eigenvalue weighted by Crippen LogP contribution is -2.35. The molecular weight excluding hydrogens is 344 g/mol. The van der Waals surface area contributed by atoms with Gasteiger partial charge in [0.1, 0.15) is 11.6 Å². The summed E-state index contributed by atoms with van der Waals surface area (Å²) in [7, 11) is 0. The molecule has 0 atom stereocenters. The summed E-state index contributed by atoms with van der Waals surface area (Å²) in [5, 5.41) is 18.0. The van der Waals surface area contributed by atoms with Crippen LogP contribution in [0.1, 0.15) is 76.3 Å². The first-order valence-corrected chi connectivity index (χ1v) is 10.7. The zero-order valence-electron chi connectivity index (χ0n) is 15.7. The van der Waals surface area contributed by atoms with Gasteiger partial charge >= 0.3 is 0 Å². The first kappa shape index (κ1) is 20.4. The van der Waals surface area contributed by atoms with Crippen molar-refractivity contribution in [1.29, 1.82) is 5.26 Å². The summed E-state index contributed by atoms with van der Waals surface area (Å²) >= 11 is 1.45. The first-order valence-electron chi connectivity index (χ1n) is 9.79. The molecule has 142 valence electrons. The molecule has 1 fully saturated rings. The topological polar surface area (TPSA) is 77.8 Å². The number of carbonyl (C=O) groups is 1. The highest BCUT2D eigenvalue weighted by atomic mass is 32.1. The van der Waals surface area contributed by atoms with E-state index in [1.165, 1.54) is 62.5 Å². The van der Waals surface area contributed by atoms with Crippen molar-refractivity contribution in [1.82, 2.24) is 10.3 Å². The molecule has 1 amide bonds. The summed E-state index contributed by atoms with van der Waals surface area (Å²) in [5.74, 6) is -0.287.